The molecule has 0 amide bonds. The summed E-state index contributed by atoms with van der Waals surface area (Å²) in [5.41, 5.74) is 0.563. The SMILES string of the molecule is O=S(=O)(NCC(O)c1cccc(Cl)c1)c1ccc(I)cc1. The second-order valence-electron chi connectivity index (χ2n) is 4.38. The third-order valence-corrected chi connectivity index (χ3v) is 5.22. The van der Waals surface area contributed by atoms with Crippen LogP contribution < -0.4 is 4.72 Å². The van der Waals surface area contributed by atoms with Gasteiger partial charge in [0.25, 0.3) is 0 Å². The van der Waals surface area contributed by atoms with E-state index in [0.717, 1.165) is 3.57 Å². The highest BCUT2D eigenvalue weighted by atomic mass is 127. The lowest BCUT2D eigenvalue weighted by Crippen LogP contribution is -2.28. The summed E-state index contributed by atoms with van der Waals surface area (Å²) < 4.78 is 27.5. The van der Waals surface area contributed by atoms with Gasteiger partial charge in [0.15, 0.2) is 0 Å². The Morgan fingerprint density at radius 1 is 1.19 bits per heavy atom. The summed E-state index contributed by atoms with van der Waals surface area (Å²) in [6.45, 7) is -0.116. The third kappa shape index (κ3) is 4.65. The molecule has 0 aliphatic carbocycles. The summed E-state index contributed by atoms with van der Waals surface area (Å²) in [6.07, 6.45) is -0.956. The molecular weight excluding hydrogens is 425 g/mol. The minimum atomic E-state index is -3.64. The molecule has 21 heavy (non-hydrogen) atoms. The Kier molecular flexibility index (Phi) is 5.61. The number of aliphatic hydroxyl groups excluding tert-OH is 1. The van der Waals surface area contributed by atoms with E-state index in [2.05, 4.69) is 27.3 Å². The monoisotopic (exact) mass is 437 g/mol. The van der Waals surface area contributed by atoms with Gasteiger partial charge in [-0.25, -0.2) is 13.1 Å². The molecule has 0 bridgehead atoms. The Labute approximate surface area is 142 Å². The van der Waals surface area contributed by atoms with E-state index < -0.39 is 16.1 Å². The summed E-state index contributed by atoms with van der Waals surface area (Å²) in [7, 11) is -3.64. The quantitative estimate of drug-likeness (QED) is 0.707. The van der Waals surface area contributed by atoms with E-state index in [9.17, 15) is 13.5 Å². The molecule has 0 radical (unpaired) electrons. The van der Waals surface area contributed by atoms with Crippen molar-refractivity contribution in [2.75, 3.05) is 6.54 Å². The second kappa shape index (κ2) is 7.06. The fraction of sp³-hybridized carbons (Fsp3) is 0.143. The second-order valence-corrected chi connectivity index (χ2v) is 7.83. The van der Waals surface area contributed by atoms with Gasteiger partial charge in [0.1, 0.15) is 0 Å². The molecule has 7 heteroatoms. The predicted octanol–water partition coefficient (Wildman–Crippen LogP) is 2.96. The highest BCUT2D eigenvalue weighted by molar-refractivity contribution is 14.1. The zero-order chi connectivity index (χ0) is 15.5. The zero-order valence-corrected chi connectivity index (χ0v) is 14.6. The molecule has 2 aromatic rings. The van der Waals surface area contributed by atoms with Crippen molar-refractivity contribution in [3.8, 4) is 0 Å². The molecule has 0 aliphatic rings. The van der Waals surface area contributed by atoms with Gasteiger partial charge in [-0.05, 0) is 64.6 Å². The standard InChI is InChI=1S/C14H13ClINO3S/c15-11-3-1-2-10(8-11)14(18)9-17-21(19,20)13-6-4-12(16)5-7-13/h1-8,14,17-18H,9H2. The summed E-state index contributed by atoms with van der Waals surface area (Å²) >= 11 is 7.94. The van der Waals surface area contributed by atoms with Crippen LogP contribution in [0.15, 0.2) is 53.4 Å². The molecule has 0 saturated carbocycles. The van der Waals surface area contributed by atoms with Crippen LogP contribution in [0.2, 0.25) is 5.02 Å². The number of aliphatic hydroxyl groups is 1. The first kappa shape index (κ1) is 16.7. The molecule has 0 aliphatic heterocycles. The highest BCUT2D eigenvalue weighted by Crippen LogP contribution is 2.18. The molecule has 4 nitrogen and oxygen atoms in total. The topological polar surface area (TPSA) is 66.4 Å². The number of rotatable bonds is 5. The molecule has 0 saturated heterocycles. The largest absolute Gasteiger partial charge is 0.387 e. The van der Waals surface area contributed by atoms with E-state index in [4.69, 9.17) is 11.6 Å². The van der Waals surface area contributed by atoms with E-state index in [-0.39, 0.29) is 11.4 Å². The van der Waals surface area contributed by atoms with Crippen molar-refractivity contribution in [2.45, 2.75) is 11.0 Å². The Hall–Kier alpha value is -0.670. The van der Waals surface area contributed by atoms with Gasteiger partial charge in [-0.2, -0.15) is 0 Å². The van der Waals surface area contributed by atoms with Gasteiger partial charge < -0.3 is 5.11 Å². The van der Waals surface area contributed by atoms with Gasteiger partial charge in [-0.15, -0.1) is 0 Å². The number of sulfonamides is 1. The molecule has 0 fully saturated rings. The number of benzene rings is 2. The van der Waals surface area contributed by atoms with Crippen LogP contribution in [0.5, 0.6) is 0 Å². The van der Waals surface area contributed by atoms with Crippen molar-refractivity contribution >= 4 is 44.2 Å². The van der Waals surface area contributed by atoms with Crippen LogP contribution in [0.25, 0.3) is 0 Å². The van der Waals surface area contributed by atoms with Crippen molar-refractivity contribution in [3.05, 3.63) is 62.7 Å². The van der Waals surface area contributed by atoms with Crippen molar-refractivity contribution in [1.82, 2.24) is 4.72 Å². The molecule has 2 N–H and O–H groups in total. The van der Waals surface area contributed by atoms with E-state index in [1.165, 1.54) is 12.1 Å². The maximum Gasteiger partial charge on any atom is 0.240 e. The van der Waals surface area contributed by atoms with Crippen molar-refractivity contribution in [1.29, 1.82) is 0 Å². The van der Waals surface area contributed by atoms with E-state index in [1.54, 1.807) is 36.4 Å². The summed E-state index contributed by atoms with van der Waals surface area (Å²) in [6, 6.07) is 13.2. The smallest absolute Gasteiger partial charge is 0.240 e. The van der Waals surface area contributed by atoms with E-state index >= 15 is 0 Å². The minimum Gasteiger partial charge on any atom is -0.387 e. The third-order valence-electron chi connectivity index (χ3n) is 2.82. The highest BCUT2D eigenvalue weighted by Gasteiger charge is 2.16. The Bertz CT molecular complexity index is 719. The van der Waals surface area contributed by atoms with Crippen molar-refractivity contribution in [3.63, 3.8) is 0 Å². The first-order chi connectivity index (χ1) is 9.88. The summed E-state index contributed by atoms with van der Waals surface area (Å²) in [5, 5.41) is 10.5. The Balaban J connectivity index is 2.06. The van der Waals surface area contributed by atoms with Gasteiger partial charge >= 0.3 is 0 Å². The fourth-order valence-corrected chi connectivity index (χ4v) is 3.31. The normalized spacial score (nSPS) is 13.1. The molecule has 1 unspecified atom stereocenters. The number of halogens is 2. The molecule has 0 heterocycles. The number of hydrogen-bond donors (Lipinski definition) is 2. The van der Waals surface area contributed by atoms with Gasteiger partial charge in [0.05, 0.1) is 11.0 Å². The van der Waals surface area contributed by atoms with Crippen LogP contribution in [-0.2, 0) is 10.0 Å². The molecule has 2 aromatic carbocycles. The molecule has 2 rings (SSSR count). The minimum absolute atomic E-state index is 0.116. The molecule has 0 spiro atoms. The van der Waals surface area contributed by atoms with Crippen LogP contribution in [0.4, 0.5) is 0 Å². The predicted molar refractivity (Wildman–Crippen MR) is 90.8 cm³/mol. The van der Waals surface area contributed by atoms with Crippen molar-refractivity contribution < 1.29 is 13.5 Å². The lowest BCUT2D eigenvalue weighted by molar-refractivity contribution is 0.182. The van der Waals surface area contributed by atoms with E-state index in [1.807, 2.05) is 0 Å². The van der Waals surface area contributed by atoms with Crippen LogP contribution in [-0.4, -0.2) is 20.1 Å². The lowest BCUT2D eigenvalue weighted by atomic mass is 10.1. The van der Waals surface area contributed by atoms with Gasteiger partial charge in [-0.1, -0.05) is 23.7 Å². The maximum absolute atomic E-state index is 12.1. The average Bonchev–Trinajstić information content (AvgIpc) is 2.45. The Morgan fingerprint density at radius 3 is 2.48 bits per heavy atom. The molecule has 0 aromatic heterocycles. The number of nitrogens with one attached hydrogen (secondary N) is 1. The average molecular weight is 438 g/mol. The van der Waals surface area contributed by atoms with Gasteiger partial charge in [0, 0.05) is 15.1 Å². The first-order valence-corrected chi connectivity index (χ1v) is 9.01. The zero-order valence-electron chi connectivity index (χ0n) is 10.8. The van der Waals surface area contributed by atoms with E-state index in [0.29, 0.717) is 10.6 Å². The molecular formula is C14H13ClINO3S. The van der Waals surface area contributed by atoms with Crippen LogP contribution in [0, 0.1) is 3.57 Å². The molecule has 1 atom stereocenters. The van der Waals surface area contributed by atoms with Gasteiger partial charge in [-0.3, -0.25) is 0 Å². The Morgan fingerprint density at radius 2 is 1.86 bits per heavy atom. The van der Waals surface area contributed by atoms with Crippen molar-refractivity contribution in [2.24, 2.45) is 0 Å². The summed E-state index contributed by atoms with van der Waals surface area (Å²) in [4.78, 5) is 0.168. The lowest BCUT2D eigenvalue weighted by Gasteiger charge is -2.13. The fourth-order valence-electron chi connectivity index (χ4n) is 1.72. The first-order valence-electron chi connectivity index (χ1n) is 6.07. The van der Waals surface area contributed by atoms with Crippen LogP contribution in [0.3, 0.4) is 0 Å². The maximum atomic E-state index is 12.1. The number of hydrogen-bond acceptors (Lipinski definition) is 3. The molecule has 112 valence electrons. The van der Waals surface area contributed by atoms with Crippen LogP contribution in [0.1, 0.15) is 11.7 Å². The van der Waals surface area contributed by atoms with Crippen LogP contribution >= 0.6 is 34.2 Å². The summed E-state index contributed by atoms with van der Waals surface area (Å²) in [5.74, 6) is 0. The van der Waals surface area contributed by atoms with Gasteiger partial charge in [0.2, 0.25) is 10.0 Å².